The van der Waals surface area contributed by atoms with Crippen LogP contribution in [0.4, 0.5) is 11.4 Å². The van der Waals surface area contributed by atoms with E-state index in [1.54, 1.807) is 15.5 Å². The van der Waals surface area contributed by atoms with Crippen LogP contribution < -0.4 is 8.61 Å². The highest BCUT2D eigenvalue weighted by molar-refractivity contribution is 7.92. The molecule has 2 heterocycles. The first-order valence-electron chi connectivity index (χ1n) is 12.3. The van der Waals surface area contributed by atoms with Crippen LogP contribution >= 0.6 is 0 Å². The maximum atomic E-state index is 12.9. The van der Waals surface area contributed by atoms with Crippen LogP contribution in [0, 0.1) is 0 Å². The molecule has 0 aromatic heterocycles. The quantitative estimate of drug-likeness (QED) is 0.544. The van der Waals surface area contributed by atoms with Gasteiger partial charge in [0.1, 0.15) is 0 Å². The van der Waals surface area contributed by atoms with Crippen molar-refractivity contribution in [2.75, 3.05) is 33.7 Å². The lowest BCUT2D eigenvalue weighted by molar-refractivity contribution is 0.436. The Morgan fingerprint density at radius 3 is 2.11 bits per heavy atom. The zero-order valence-electron chi connectivity index (χ0n) is 21.9. The molecule has 1 atom stereocenters. The molecule has 0 amide bonds. The summed E-state index contributed by atoms with van der Waals surface area (Å²) in [6, 6.07) is 12.2. The van der Waals surface area contributed by atoms with Gasteiger partial charge in [0.05, 0.1) is 23.4 Å². The number of nitrogens with zero attached hydrogens (tertiary/aromatic N) is 2. The van der Waals surface area contributed by atoms with Crippen LogP contribution in [0.25, 0.3) is 0 Å². The first-order chi connectivity index (χ1) is 16.1. The van der Waals surface area contributed by atoms with Crippen LogP contribution in [-0.4, -0.2) is 41.9 Å². The van der Waals surface area contributed by atoms with E-state index in [1.807, 2.05) is 30.3 Å². The molecular weight excluding hydrogens is 480 g/mol. The van der Waals surface area contributed by atoms with Crippen molar-refractivity contribution in [1.82, 2.24) is 0 Å². The van der Waals surface area contributed by atoms with E-state index in [-0.39, 0.29) is 22.5 Å². The Kier molecular flexibility index (Phi) is 6.33. The van der Waals surface area contributed by atoms with Gasteiger partial charge in [0.2, 0.25) is 20.0 Å². The summed E-state index contributed by atoms with van der Waals surface area (Å²) in [4.78, 5) is 0. The Labute approximate surface area is 211 Å². The molecule has 2 aromatic carbocycles. The third-order valence-corrected chi connectivity index (χ3v) is 10.4. The van der Waals surface area contributed by atoms with Crippen molar-refractivity contribution in [2.45, 2.75) is 71.1 Å². The van der Waals surface area contributed by atoms with E-state index < -0.39 is 20.0 Å². The molecule has 6 nitrogen and oxygen atoms in total. The summed E-state index contributed by atoms with van der Waals surface area (Å²) in [6.45, 7) is 13.2. The van der Waals surface area contributed by atoms with Crippen molar-refractivity contribution in [2.24, 2.45) is 0 Å². The van der Waals surface area contributed by atoms with E-state index >= 15 is 0 Å². The summed E-state index contributed by atoms with van der Waals surface area (Å²) in [5.74, 6) is 0.0707. The molecule has 0 fully saturated rings. The van der Waals surface area contributed by atoms with Crippen LogP contribution in [0.3, 0.4) is 0 Å². The molecule has 35 heavy (non-hydrogen) atoms. The number of hydrogen-bond donors (Lipinski definition) is 0. The van der Waals surface area contributed by atoms with Gasteiger partial charge in [0, 0.05) is 19.0 Å². The summed E-state index contributed by atoms with van der Waals surface area (Å²) >= 11 is 0. The number of fused-ring (bicyclic) bond motifs is 2. The Hall–Kier alpha value is -2.06. The monoisotopic (exact) mass is 518 g/mol. The predicted molar refractivity (Wildman–Crippen MR) is 145 cm³/mol. The second-order valence-electron chi connectivity index (χ2n) is 11.6. The van der Waals surface area contributed by atoms with E-state index in [0.29, 0.717) is 25.9 Å². The fourth-order valence-electron chi connectivity index (χ4n) is 5.77. The third-order valence-electron chi connectivity index (χ3n) is 7.49. The van der Waals surface area contributed by atoms with Crippen molar-refractivity contribution < 1.29 is 16.8 Å². The van der Waals surface area contributed by atoms with Crippen LogP contribution in [0.2, 0.25) is 0 Å². The minimum atomic E-state index is -3.45. The normalized spacial score (nSPS) is 18.7. The molecule has 2 aliphatic heterocycles. The number of hydrogen-bond acceptors (Lipinski definition) is 4. The number of benzene rings is 2. The molecule has 0 saturated heterocycles. The van der Waals surface area contributed by atoms with Crippen molar-refractivity contribution >= 4 is 31.4 Å². The average Bonchev–Trinajstić information content (AvgIpc) is 3.34. The smallest absolute Gasteiger partial charge is 0.234 e. The summed E-state index contributed by atoms with van der Waals surface area (Å²) < 4.78 is 54.6. The van der Waals surface area contributed by atoms with Gasteiger partial charge in [0.15, 0.2) is 0 Å². The van der Waals surface area contributed by atoms with Gasteiger partial charge in [0.25, 0.3) is 0 Å². The fraction of sp³-hybridized carbons (Fsp3) is 0.556. The molecule has 2 aliphatic rings. The van der Waals surface area contributed by atoms with E-state index in [1.165, 1.54) is 6.26 Å². The minimum Gasteiger partial charge on any atom is -0.269 e. The van der Waals surface area contributed by atoms with E-state index in [2.05, 4.69) is 40.7 Å². The molecule has 8 heteroatoms. The second-order valence-corrected chi connectivity index (χ2v) is 15.7. The Balaban J connectivity index is 1.79. The average molecular weight is 519 g/mol. The molecule has 0 saturated carbocycles. The zero-order valence-corrected chi connectivity index (χ0v) is 23.6. The zero-order chi connectivity index (χ0) is 26.0. The summed E-state index contributed by atoms with van der Waals surface area (Å²) in [7, 11) is -6.82. The third kappa shape index (κ3) is 4.59. The molecular formula is C27H38N2O4S2. The van der Waals surface area contributed by atoms with E-state index in [0.717, 1.165) is 33.6 Å². The van der Waals surface area contributed by atoms with Gasteiger partial charge < -0.3 is 0 Å². The van der Waals surface area contributed by atoms with Gasteiger partial charge >= 0.3 is 0 Å². The van der Waals surface area contributed by atoms with Gasteiger partial charge in [-0.15, -0.1) is 0 Å². The first-order valence-corrected chi connectivity index (χ1v) is 15.8. The highest BCUT2D eigenvalue weighted by Crippen LogP contribution is 2.50. The van der Waals surface area contributed by atoms with Gasteiger partial charge in [-0.05, 0) is 52.8 Å². The van der Waals surface area contributed by atoms with Crippen molar-refractivity contribution in [3.05, 3.63) is 58.7 Å². The van der Waals surface area contributed by atoms with Crippen LogP contribution in [0.15, 0.2) is 36.4 Å². The van der Waals surface area contributed by atoms with Crippen LogP contribution in [0.5, 0.6) is 0 Å². The highest BCUT2D eigenvalue weighted by Gasteiger charge is 2.42. The largest absolute Gasteiger partial charge is 0.269 e. The van der Waals surface area contributed by atoms with Gasteiger partial charge in [-0.1, -0.05) is 71.0 Å². The van der Waals surface area contributed by atoms with E-state index in [9.17, 15) is 16.8 Å². The van der Waals surface area contributed by atoms with E-state index in [4.69, 9.17) is 0 Å². The van der Waals surface area contributed by atoms with Gasteiger partial charge in [-0.2, -0.15) is 0 Å². The maximum Gasteiger partial charge on any atom is 0.234 e. The molecule has 0 N–H and O–H groups in total. The predicted octanol–water partition coefficient (Wildman–Crippen LogP) is 4.93. The van der Waals surface area contributed by atoms with Gasteiger partial charge in [-0.25, -0.2) is 16.8 Å². The number of para-hydroxylation sites is 2. The topological polar surface area (TPSA) is 74.8 Å². The molecule has 4 rings (SSSR count). The van der Waals surface area contributed by atoms with Crippen molar-refractivity contribution in [1.29, 1.82) is 0 Å². The lowest BCUT2D eigenvalue weighted by Crippen LogP contribution is -2.34. The fourth-order valence-corrected chi connectivity index (χ4v) is 7.93. The molecule has 2 aromatic rings. The Morgan fingerprint density at radius 1 is 0.886 bits per heavy atom. The van der Waals surface area contributed by atoms with Crippen molar-refractivity contribution in [3.8, 4) is 0 Å². The first kappa shape index (κ1) is 26.0. The summed E-state index contributed by atoms with van der Waals surface area (Å²) in [6.07, 6.45) is 2.69. The summed E-state index contributed by atoms with van der Waals surface area (Å²) in [5.41, 5.74) is 5.22. The number of sulfonamides is 2. The number of anilines is 2. The summed E-state index contributed by atoms with van der Waals surface area (Å²) in [5, 5.41) is 0. The molecule has 0 spiro atoms. The van der Waals surface area contributed by atoms with Crippen LogP contribution in [-0.2, 0) is 37.3 Å². The molecule has 1 unspecified atom stereocenters. The lowest BCUT2D eigenvalue weighted by atomic mass is 9.74. The Bertz CT molecular complexity index is 1360. The van der Waals surface area contributed by atoms with Gasteiger partial charge in [-0.3, -0.25) is 8.61 Å². The minimum absolute atomic E-state index is 0.00511. The maximum absolute atomic E-state index is 12.9. The van der Waals surface area contributed by atoms with Crippen LogP contribution in [0.1, 0.15) is 76.1 Å². The standard InChI is InChI=1S/C27H38N2O4S2/c1-8-35(32,33)28-16-15-19-11-9-14-23(24(19)28)27(5,6)17-20-18-29(34(7,30)31)25-21(20)12-10-13-22(25)26(2,3)4/h9-14,20H,8,15-18H2,1-7H3. The second kappa shape index (κ2) is 8.51. The number of rotatable bonds is 6. The SMILES string of the molecule is CCS(=O)(=O)N1CCc2cccc(C(C)(C)CC3CN(S(C)(=O)=O)c4c3cccc4C(C)(C)C)c21. The molecule has 0 aliphatic carbocycles. The molecule has 192 valence electrons. The van der Waals surface area contributed by atoms with Crippen molar-refractivity contribution in [3.63, 3.8) is 0 Å². The highest BCUT2D eigenvalue weighted by atomic mass is 32.2. The molecule has 0 radical (unpaired) electrons. The lowest BCUT2D eigenvalue weighted by Gasteiger charge is -2.33. The molecule has 0 bridgehead atoms. The Morgan fingerprint density at radius 2 is 1.51 bits per heavy atom.